The molecule has 1 N–H and O–H groups in total. The lowest BCUT2D eigenvalue weighted by atomic mass is 10.5. The Morgan fingerprint density at radius 2 is 2.64 bits per heavy atom. The quantitative estimate of drug-likeness (QED) is 0.611. The van der Waals surface area contributed by atoms with Gasteiger partial charge in [0.05, 0.1) is 18.9 Å². The van der Waals surface area contributed by atoms with Crippen LogP contribution in [0.2, 0.25) is 0 Å². The molecule has 0 fully saturated rings. The van der Waals surface area contributed by atoms with Crippen LogP contribution in [0.1, 0.15) is 6.42 Å². The molecule has 1 heterocycles. The second-order valence-electron chi connectivity index (χ2n) is 1.82. The molecule has 1 aromatic heterocycles. The monoisotopic (exact) mass is 218 g/mol. The van der Waals surface area contributed by atoms with Gasteiger partial charge in [0.1, 0.15) is 0 Å². The van der Waals surface area contributed by atoms with Crippen LogP contribution < -0.4 is 4.74 Å². The van der Waals surface area contributed by atoms with Gasteiger partial charge < -0.3 is 9.72 Å². The fourth-order valence-corrected chi connectivity index (χ4v) is 0.871. The summed E-state index contributed by atoms with van der Waals surface area (Å²) in [6, 6.07) is 0. The molecule has 0 atom stereocenters. The lowest BCUT2D eigenvalue weighted by molar-refractivity contribution is -0.134. The summed E-state index contributed by atoms with van der Waals surface area (Å²) in [4.78, 5) is 17.2. The predicted octanol–water partition coefficient (Wildman–Crippen LogP) is 1.10. The molecule has 0 spiro atoms. The van der Waals surface area contributed by atoms with Crippen molar-refractivity contribution < 1.29 is 9.53 Å². The summed E-state index contributed by atoms with van der Waals surface area (Å²) in [6.07, 6.45) is 3.33. The molecule has 1 rings (SSSR count). The van der Waals surface area contributed by atoms with Crippen LogP contribution in [0.25, 0.3) is 0 Å². The molecule has 4 nitrogen and oxygen atoms in total. The van der Waals surface area contributed by atoms with Gasteiger partial charge in [-0.25, -0.2) is 4.98 Å². The number of halogens is 1. The van der Waals surface area contributed by atoms with Crippen LogP contribution in [0.3, 0.4) is 0 Å². The van der Waals surface area contributed by atoms with E-state index in [1.807, 2.05) is 0 Å². The summed E-state index contributed by atoms with van der Waals surface area (Å²) in [5.74, 6) is 0.0323. The van der Waals surface area contributed by atoms with E-state index >= 15 is 0 Å². The smallest absolute Gasteiger partial charge is 0.313 e. The Balaban J connectivity index is 2.37. The Hall–Kier alpha value is -0.840. The summed E-state index contributed by atoms with van der Waals surface area (Å²) in [6.45, 7) is 0. The Bertz CT molecular complexity index is 222. The average molecular weight is 219 g/mol. The molecular formula is C6H7BrN2O2. The second kappa shape index (κ2) is 4.12. The fraction of sp³-hybridized carbons (Fsp3) is 0.333. The molecule has 0 saturated carbocycles. The zero-order valence-electron chi connectivity index (χ0n) is 5.71. The van der Waals surface area contributed by atoms with Crippen molar-refractivity contribution in [3.05, 3.63) is 12.5 Å². The third-order valence-corrected chi connectivity index (χ3v) is 1.39. The van der Waals surface area contributed by atoms with Crippen LogP contribution in [0.4, 0.5) is 0 Å². The molecule has 60 valence electrons. The summed E-state index contributed by atoms with van der Waals surface area (Å²) in [5.41, 5.74) is 0. The number of rotatable bonds is 3. The van der Waals surface area contributed by atoms with Crippen molar-refractivity contribution in [2.45, 2.75) is 6.42 Å². The zero-order chi connectivity index (χ0) is 8.10. The Morgan fingerprint density at radius 3 is 3.18 bits per heavy atom. The van der Waals surface area contributed by atoms with E-state index in [-0.39, 0.29) is 5.97 Å². The first kappa shape index (κ1) is 8.26. The minimum atomic E-state index is -0.283. The first-order chi connectivity index (χ1) is 5.33. The summed E-state index contributed by atoms with van der Waals surface area (Å²) in [5, 5.41) is 0.607. The highest BCUT2D eigenvalue weighted by Crippen LogP contribution is 2.03. The Kier molecular flexibility index (Phi) is 3.10. The number of alkyl halides is 1. The number of hydrogen-bond acceptors (Lipinski definition) is 3. The van der Waals surface area contributed by atoms with Crippen LogP contribution in [0.5, 0.6) is 5.88 Å². The second-order valence-corrected chi connectivity index (χ2v) is 2.61. The third kappa shape index (κ3) is 2.71. The van der Waals surface area contributed by atoms with Gasteiger partial charge in [0, 0.05) is 5.33 Å². The van der Waals surface area contributed by atoms with Gasteiger partial charge in [-0.05, 0) is 0 Å². The highest BCUT2D eigenvalue weighted by Gasteiger charge is 2.03. The van der Waals surface area contributed by atoms with Crippen LogP contribution in [-0.2, 0) is 4.79 Å². The lowest BCUT2D eigenvalue weighted by Crippen LogP contribution is -2.07. The van der Waals surface area contributed by atoms with Gasteiger partial charge in [-0.2, -0.15) is 0 Å². The molecule has 0 unspecified atom stereocenters. The van der Waals surface area contributed by atoms with Gasteiger partial charge >= 0.3 is 5.97 Å². The van der Waals surface area contributed by atoms with Crippen LogP contribution in [0.15, 0.2) is 12.5 Å². The predicted molar refractivity (Wildman–Crippen MR) is 42.6 cm³/mol. The van der Waals surface area contributed by atoms with Gasteiger partial charge in [0.2, 0.25) is 5.88 Å². The largest absolute Gasteiger partial charge is 0.406 e. The van der Waals surface area contributed by atoms with Gasteiger partial charge in [0.25, 0.3) is 0 Å². The minimum Gasteiger partial charge on any atom is -0.406 e. The van der Waals surface area contributed by atoms with Gasteiger partial charge in [-0.15, -0.1) is 0 Å². The standard InChI is InChI=1S/C6H7BrN2O2/c7-2-1-6(10)11-5-3-8-4-9-5/h3-4H,1-2H2,(H,8,9). The van der Waals surface area contributed by atoms with Crippen molar-refractivity contribution >= 4 is 21.9 Å². The molecular weight excluding hydrogens is 212 g/mol. The van der Waals surface area contributed by atoms with Crippen LogP contribution in [0, 0.1) is 0 Å². The highest BCUT2D eigenvalue weighted by molar-refractivity contribution is 9.09. The Labute approximate surface area is 72.1 Å². The number of imidazole rings is 1. The zero-order valence-corrected chi connectivity index (χ0v) is 7.30. The lowest BCUT2D eigenvalue weighted by Gasteiger charge is -1.95. The van der Waals surface area contributed by atoms with Crippen molar-refractivity contribution in [1.82, 2.24) is 9.97 Å². The van der Waals surface area contributed by atoms with Gasteiger partial charge in [-0.3, -0.25) is 4.79 Å². The van der Waals surface area contributed by atoms with Crippen LogP contribution >= 0.6 is 15.9 Å². The number of H-pyrrole nitrogens is 1. The van der Waals surface area contributed by atoms with Gasteiger partial charge in [-0.1, -0.05) is 15.9 Å². The van der Waals surface area contributed by atoms with Crippen molar-refractivity contribution in [3.63, 3.8) is 0 Å². The van der Waals surface area contributed by atoms with E-state index in [0.717, 1.165) is 0 Å². The van der Waals surface area contributed by atoms with E-state index in [2.05, 4.69) is 25.9 Å². The van der Waals surface area contributed by atoms with Crippen molar-refractivity contribution in [1.29, 1.82) is 0 Å². The molecule has 0 aliphatic carbocycles. The Morgan fingerprint density at radius 1 is 1.82 bits per heavy atom. The maximum atomic E-state index is 10.8. The maximum absolute atomic E-state index is 10.8. The first-order valence-electron chi connectivity index (χ1n) is 3.08. The molecule has 1 aromatic rings. The molecule has 0 radical (unpaired) electrons. The number of carbonyl (C=O) groups excluding carboxylic acids is 1. The summed E-state index contributed by atoms with van der Waals surface area (Å²) < 4.78 is 4.78. The fourth-order valence-electron chi connectivity index (χ4n) is 0.547. The first-order valence-corrected chi connectivity index (χ1v) is 4.20. The van der Waals surface area contributed by atoms with Crippen molar-refractivity contribution in [2.75, 3.05) is 5.33 Å². The molecule has 0 aromatic carbocycles. The third-order valence-electron chi connectivity index (χ3n) is 0.990. The molecule has 0 amide bonds. The number of nitrogens with one attached hydrogen (secondary N) is 1. The SMILES string of the molecule is O=C(CCBr)Oc1c[nH]cn1. The summed E-state index contributed by atoms with van der Waals surface area (Å²) in [7, 11) is 0. The number of aromatic amines is 1. The normalized spacial score (nSPS) is 9.55. The number of hydrogen-bond donors (Lipinski definition) is 1. The highest BCUT2D eigenvalue weighted by atomic mass is 79.9. The number of carbonyl (C=O) groups is 1. The minimum absolute atomic E-state index is 0.283. The molecule has 0 aliphatic rings. The van der Waals surface area contributed by atoms with E-state index < -0.39 is 0 Å². The number of ether oxygens (including phenoxy) is 1. The molecule has 5 heteroatoms. The van der Waals surface area contributed by atoms with E-state index in [1.165, 1.54) is 12.5 Å². The van der Waals surface area contributed by atoms with Crippen molar-refractivity contribution in [3.8, 4) is 5.88 Å². The van der Waals surface area contributed by atoms with E-state index in [0.29, 0.717) is 17.6 Å². The molecule has 0 bridgehead atoms. The summed E-state index contributed by atoms with van der Waals surface area (Å²) >= 11 is 3.13. The van der Waals surface area contributed by atoms with E-state index in [1.54, 1.807) is 0 Å². The molecule has 11 heavy (non-hydrogen) atoms. The van der Waals surface area contributed by atoms with Crippen LogP contribution in [-0.4, -0.2) is 21.3 Å². The maximum Gasteiger partial charge on any atom is 0.313 e. The number of aromatic nitrogens is 2. The van der Waals surface area contributed by atoms with E-state index in [9.17, 15) is 4.79 Å². The molecule has 0 saturated heterocycles. The van der Waals surface area contributed by atoms with Gasteiger partial charge in [0.15, 0.2) is 0 Å². The number of nitrogens with zero attached hydrogens (tertiary/aromatic N) is 1. The topological polar surface area (TPSA) is 55.0 Å². The van der Waals surface area contributed by atoms with E-state index in [4.69, 9.17) is 4.74 Å². The average Bonchev–Trinajstić information content (AvgIpc) is 2.40. The van der Waals surface area contributed by atoms with Crippen molar-refractivity contribution in [2.24, 2.45) is 0 Å². The number of esters is 1. The molecule has 0 aliphatic heterocycles.